The predicted molar refractivity (Wildman–Crippen MR) is 255 cm³/mol. The summed E-state index contributed by atoms with van der Waals surface area (Å²) >= 11 is 1.21. The minimum atomic E-state index is -1.22. The van der Waals surface area contributed by atoms with Crippen LogP contribution in [0.5, 0.6) is 0 Å². The Morgan fingerprint density at radius 1 is 0.507 bits per heavy atom. The first-order valence-corrected chi connectivity index (χ1v) is 25.0. The van der Waals surface area contributed by atoms with Crippen LogP contribution in [-0.2, 0) is 95.1 Å². The molecule has 4 amide bonds. The van der Waals surface area contributed by atoms with E-state index in [4.69, 9.17) is 77.8 Å². The van der Waals surface area contributed by atoms with Gasteiger partial charge in [0.2, 0.25) is 23.6 Å². The highest BCUT2D eigenvalue weighted by atomic mass is 32.2. The lowest BCUT2D eigenvalue weighted by molar-refractivity contribution is -0.157. The Balaban J connectivity index is 3.48. The van der Waals surface area contributed by atoms with E-state index in [0.717, 1.165) is 0 Å². The Kier molecular flexibility index (Phi) is 49.0. The molecule has 0 fully saturated rings. The van der Waals surface area contributed by atoms with Crippen LogP contribution in [0.25, 0.3) is 0 Å². The van der Waals surface area contributed by atoms with Crippen molar-refractivity contribution in [3.63, 3.8) is 0 Å². The van der Waals surface area contributed by atoms with E-state index in [0.29, 0.717) is 139 Å². The number of nitrogens with two attached hydrogens (primary N) is 2. The van der Waals surface area contributed by atoms with Crippen molar-refractivity contribution >= 4 is 47.3 Å². The van der Waals surface area contributed by atoms with E-state index in [2.05, 4.69) is 16.0 Å². The molecule has 0 radical (unpaired) electrons. The van der Waals surface area contributed by atoms with Crippen LogP contribution in [0.3, 0.4) is 0 Å². The number of aliphatic hydroxyl groups is 1. The molecule has 0 unspecified atom stereocenters. The number of primary amides is 1. The van der Waals surface area contributed by atoms with Crippen LogP contribution in [0.15, 0.2) is 0 Å². The lowest BCUT2D eigenvalue weighted by Crippen LogP contribution is -2.54. The van der Waals surface area contributed by atoms with Gasteiger partial charge in [0.1, 0.15) is 18.8 Å². The zero-order valence-electron chi connectivity index (χ0n) is 41.7. The molecule has 27 heteroatoms. The van der Waals surface area contributed by atoms with E-state index in [1.54, 1.807) is 13.8 Å². The van der Waals surface area contributed by atoms with Crippen molar-refractivity contribution in [1.29, 1.82) is 0 Å². The molecule has 0 bridgehead atoms. The van der Waals surface area contributed by atoms with Gasteiger partial charge in [-0.05, 0) is 0 Å². The summed E-state index contributed by atoms with van der Waals surface area (Å²) in [7, 11) is 0. The summed E-state index contributed by atoms with van der Waals surface area (Å²) in [5.74, 6) is -2.69. The number of hydrogen-bond donors (Lipinski definition) is 6. The number of aliphatic hydroxyl groups excluding tert-OH is 1. The number of nitrogens with one attached hydrogen (secondary N) is 3. The second kappa shape index (κ2) is 51.5. The van der Waals surface area contributed by atoms with Crippen molar-refractivity contribution in [1.82, 2.24) is 16.0 Å². The highest BCUT2D eigenvalue weighted by Gasteiger charge is 2.24. The van der Waals surface area contributed by atoms with Crippen LogP contribution < -0.4 is 27.4 Å². The van der Waals surface area contributed by atoms with Crippen LogP contribution in [0.2, 0.25) is 0 Å². The Hall–Kier alpha value is -3.39. The first-order valence-electron chi connectivity index (χ1n) is 23.9. The largest absolute Gasteiger partial charge is 0.462 e. The third kappa shape index (κ3) is 47.4. The molecule has 0 saturated carbocycles. The lowest BCUT2D eigenvalue weighted by Gasteiger charge is -2.20. The number of amides is 4. The maximum atomic E-state index is 12.5. The molecule has 0 aliphatic carbocycles. The zero-order chi connectivity index (χ0) is 52.3. The molecular weight excluding hydrogens is 967 g/mol. The summed E-state index contributed by atoms with van der Waals surface area (Å²) in [5, 5.41) is 17.0. The second-order valence-corrected chi connectivity index (χ2v) is 15.6. The molecular formula is C44H83N5O21S. The number of esters is 2. The van der Waals surface area contributed by atoms with Crippen LogP contribution >= 0.6 is 11.8 Å². The van der Waals surface area contributed by atoms with Gasteiger partial charge in [0.05, 0.1) is 178 Å². The van der Waals surface area contributed by atoms with Crippen molar-refractivity contribution in [2.24, 2.45) is 11.5 Å². The minimum absolute atomic E-state index is 0.115. The molecule has 26 nitrogen and oxygen atoms in total. The van der Waals surface area contributed by atoms with Crippen LogP contribution in [-0.4, -0.2) is 255 Å². The molecule has 8 N–H and O–H groups in total. The zero-order valence-corrected chi connectivity index (χ0v) is 42.6. The molecule has 0 spiro atoms. The molecule has 0 aromatic rings. The normalized spacial score (nSPS) is 12.5. The maximum absolute atomic E-state index is 12.5. The minimum Gasteiger partial charge on any atom is -0.462 e. The molecule has 3 atom stereocenters. The molecule has 0 aliphatic heterocycles. The van der Waals surface area contributed by atoms with Gasteiger partial charge in [-0.1, -0.05) is 13.8 Å². The predicted octanol–water partition coefficient (Wildman–Crippen LogP) is -2.89. The van der Waals surface area contributed by atoms with Crippen molar-refractivity contribution in [3.05, 3.63) is 0 Å². The Morgan fingerprint density at radius 3 is 1.25 bits per heavy atom. The Labute approximate surface area is 421 Å². The van der Waals surface area contributed by atoms with Crippen LogP contribution in [0.1, 0.15) is 33.1 Å². The third-order valence-electron chi connectivity index (χ3n) is 8.63. The number of ether oxygens (including phenoxy) is 14. The molecule has 0 aliphatic rings. The van der Waals surface area contributed by atoms with Gasteiger partial charge in [0.15, 0.2) is 0 Å². The smallest absolute Gasteiger partial charge is 0.305 e. The fraction of sp³-hybridized carbons (Fsp3) is 0.864. The van der Waals surface area contributed by atoms with Gasteiger partial charge in [-0.3, -0.25) is 28.8 Å². The van der Waals surface area contributed by atoms with E-state index in [1.165, 1.54) is 11.8 Å². The molecule has 71 heavy (non-hydrogen) atoms. The Bertz CT molecular complexity index is 1330. The molecule has 0 saturated heterocycles. The number of carbonyl (C=O) groups is 6. The van der Waals surface area contributed by atoms with Crippen molar-refractivity contribution in [3.8, 4) is 0 Å². The van der Waals surface area contributed by atoms with E-state index in [9.17, 15) is 33.9 Å². The first kappa shape index (κ1) is 67.6. The summed E-state index contributed by atoms with van der Waals surface area (Å²) in [5.41, 5.74) is 10.9. The molecule has 0 heterocycles. The quantitative estimate of drug-likeness (QED) is 0.0263. The molecule has 0 aromatic heterocycles. The van der Waals surface area contributed by atoms with E-state index in [-0.39, 0.29) is 76.2 Å². The monoisotopic (exact) mass is 1050 g/mol. The standard InChI is InChI=1S/C44H83N5O21S/c1-3-41(53)69-33-36(70-42(54)4-2)34-71-35-37(45)43(55)49-38(32-50)44(56)47-6-8-58-10-12-60-14-16-62-18-20-64-22-24-66-26-28-68-30-29-67-27-25-65-23-21-63-19-17-61-15-13-59-11-9-57-7-5-40(52)48-31-39(46)51/h36-38,50H,3-35,45H2,1-2H3,(H2,46,51)(H,47,56)(H,48,52)(H,49,55)/t36-,37+,38+/m1/s1. The van der Waals surface area contributed by atoms with Crippen molar-refractivity contribution in [2.75, 3.05) is 196 Å². The lowest BCUT2D eigenvalue weighted by atomic mass is 10.2. The second-order valence-electron chi connectivity index (χ2n) is 14.5. The fourth-order valence-electron chi connectivity index (χ4n) is 4.88. The summed E-state index contributed by atoms with van der Waals surface area (Å²) < 4.78 is 75.7. The van der Waals surface area contributed by atoms with E-state index >= 15 is 0 Å². The first-order chi connectivity index (χ1) is 34.5. The number of carbonyl (C=O) groups excluding carboxylic acids is 6. The SMILES string of the molecule is CCC(=O)OC[C@H](CSC[C@H](N)C(=O)N[C@@H](CO)C(=O)NCCOCCOCCOCCOCCOCCOCCOCCOCCOCCOCCOCCOCCC(=O)NCC(N)=O)OC(=O)CC. The van der Waals surface area contributed by atoms with Crippen molar-refractivity contribution < 1.29 is 100 Å². The fourth-order valence-corrected chi connectivity index (χ4v) is 5.85. The van der Waals surface area contributed by atoms with Gasteiger partial charge >= 0.3 is 11.9 Å². The number of rotatable bonds is 54. The maximum Gasteiger partial charge on any atom is 0.305 e. The van der Waals surface area contributed by atoms with Gasteiger partial charge in [0, 0.05) is 37.3 Å². The van der Waals surface area contributed by atoms with Gasteiger partial charge in [-0.2, -0.15) is 11.8 Å². The van der Waals surface area contributed by atoms with Gasteiger partial charge in [0.25, 0.3) is 0 Å². The highest BCUT2D eigenvalue weighted by molar-refractivity contribution is 7.99. The van der Waals surface area contributed by atoms with Crippen LogP contribution in [0.4, 0.5) is 0 Å². The van der Waals surface area contributed by atoms with Crippen LogP contribution in [0, 0.1) is 0 Å². The topological polar surface area (TPSA) is 340 Å². The average molecular weight is 1050 g/mol. The highest BCUT2D eigenvalue weighted by Crippen LogP contribution is 2.10. The average Bonchev–Trinajstić information content (AvgIpc) is 3.36. The summed E-state index contributed by atoms with van der Waals surface area (Å²) in [6.45, 7) is 11.9. The number of thioether (sulfide) groups is 1. The third-order valence-corrected chi connectivity index (χ3v) is 9.83. The Morgan fingerprint density at radius 2 is 0.887 bits per heavy atom. The molecule has 416 valence electrons. The van der Waals surface area contributed by atoms with Gasteiger partial charge < -0.3 is 98.8 Å². The number of hydrogen-bond acceptors (Lipinski definition) is 23. The van der Waals surface area contributed by atoms with E-state index in [1.807, 2.05) is 0 Å². The van der Waals surface area contributed by atoms with Gasteiger partial charge in [-0.15, -0.1) is 0 Å². The molecule has 0 aromatic carbocycles. The summed E-state index contributed by atoms with van der Waals surface area (Å²) in [6, 6.07) is -2.24. The molecule has 0 rings (SSSR count). The van der Waals surface area contributed by atoms with Gasteiger partial charge in [-0.25, -0.2) is 0 Å². The van der Waals surface area contributed by atoms with Crippen molar-refractivity contribution in [2.45, 2.75) is 51.3 Å². The summed E-state index contributed by atoms with van der Waals surface area (Å²) in [6.07, 6.45) is -0.231. The summed E-state index contributed by atoms with van der Waals surface area (Å²) in [4.78, 5) is 70.2. The van der Waals surface area contributed by atoms with E-state index < -0.39 is 54.5 Å².